The number of rotatable bonds is 11. The lowest BCUT2D eigenvalue weighted by molar-refractivity contribution is 0.287. The summed E-state index contributed by atoms with van der Waals surface area (Å²) in [6.45, 7) is 2.07. The summed E-state index contributed by atoms with van der Waals surface area (Å²) in [6, 6.07) is 7.91. The number of thioether (sulfide) groups is 1. The molecule has 1 aromatic carbocycles. The summed E-state index contributed by atoms with van der Waals surface area (Å²) in [7, 11) is 3.46. The summed E-state index contributed by atoms with van der Waals surface area (Å²) in [5.74, 6) is 2.17. The third-order valence-corrected chi connectivity index (χ3v) is 6.10. The topological polar surface area (TPSA) is 74.1 Å². The van der Waals surface area contributed by atoms with Crippen LogP contribution in [-0.4, -0.2) is 39.6 Å². The van der Waals surface area contributed by atoms with Gasteiger partial charge in [0.2, 0.25) is 5.16 Å². The smallest absolute Gasteiger partial charge is 0.209 e. The Hall–Kier alpha value is -1.52. The lowest BCUT2D eigenvalue weighted by atomic mass is 10.2. The number of thiophene rings is 1. The van der Waals surface area contributed by atoms with Crippen molar-refractivity contribution in [2.45, 2.75) is 24.7 Å². The van der Waals surface area contributed by atoms with Gasteiger partial charge in [-0.05, 0) is 52.5 Å². The number of halogens is 2. The van der Waals surface area contributed by atoms with Crippen LogP contribution in [-0.2, 0) is 20.2 Å². The van der Waals surface area contributed by atoms with Crippen LogP contribution in [0.4, 0.5) is 0 Å². The quantitative estimate of drug-likeness (QED) is 0.328. The number of methoxy groups -OCH3 is 1. The largest absolute Gasteiger partial charge is 0.493 e. The maximum atomic E-state index is 6.43. The predicted octanol–water partition coefficient (Wildman–Crippen LogP) is 4.21. The van der Waals surface area contributed by atoms with E-state index in [-0.39, 0.29) is 12.4 Å². The van der Waals surface area contributed by atoms with Crippen LogP contribution in [0.2, 0.25) is 5.02 Å². The molecular formula is C18H23Cl2N5O2S2. The van der Waals surface area contributed by atoms with Crippen molar-refractivity contribution in [3.63, 3.8) is 0 Å². The number of nitrogens with one attached hydrogen (secondary N) is 1. The first-order valence-electron chi connectivity index (χ1n) is 8.75. The summed E-state index contributed by atoms with van der Waals surface area (Å²) >= 11 is 9.73. The standard InChI is InChI=1S/C18H22ClN5O2S2.ClH/c1-24-18(21-22-23-24)28-8-4-6-20-11-13-9-15(19)17(16(10-13)25-2)26-12-14-5-3-7-27-14;/h3,5,7,9-10,20H,4,6,8,11-12H2,1-2H3;1H. The van der Waals surface area contributed by atoms with Gasteiger partial charge in [0.05, 0.1) is 12.1 Å². The number of nitrogens with zero attached hydrogens (tertiary/aromatic N) is 4. The minimum atomic E-state index is 0. The van der Waals surface area contributed by atoms with E-state index < -0.39 is 0 Å². The van der Waals surface area contributed by atoms with Crippen LogP contribution in [0.25, 0.3) is 0 Å². The van der Waals surface area contributed by atoms with Gasteiger partial charge in [0.25, 0.3) is 0 Å². The van der Waals surface area contributed by atoms with Crippen molar-refractivity contribution < 1.29 is 9.47 Å². The van der Waals surface area contributed by atoms with Crippen LogP contribution in [0, 0.1) is 0 Å². The highest BCUT2D eigenvalue weighted by Gasteiger charge is 2.12. The summed E-state index contributed by atoms with van der Waals surface area (Å²) in [5.41, 5.74) is 1.05. The first-order valence-corrected chi connectivity index (χ1v) is 11.0. The summed E-state index contributed by atoms with van der Waals surface area (Å²) < 4.78 is 13.0. The molecule has 2 aromatic heterocycles. The zero-order valence-electron chi connectivity index (χ0n) is 16.1. The van der Waals surface area contributed by atoms with E-state index in [2.05, 4.69) is 20.8 Å². The first-order chi connectivity index (χ1) is 13.7. The van der Waals surface area contributed by atoms with Crippen molar-refractivity contribution in [2.75, 3.05) is 19.4 Å². The average molecular weight is 476 g/mol. The van der Waals surface area contributed by atoms with E-state index in [1.165, 1.54) is 0 Å². The van der Waals surface area contributed by atoms with Crippen LogP contribution < -0.4 is 14.8 Å². The van der Waals surface area contributed by atoms with E-state index >= 15 is 0 Å². The molecule has 3 rings (SSSR count). The summed E-state index contributed by atoms with van der Waals surface area (Å²) in [6.07, 6.45) is 1.00. The van der Waals surface area contributed by atoms with Gasteiger partial charge in [-0.2, -0.15) is 0 Å². The molecule has 0 aliphatic rings. The van der Waals surface area contributed by atoms with Crippen molar-refractivity contribution in [3.05, 3.63) is 45.1 Å². The minimum absolute atomic E-state index is 0. The Balaban J connectivity index is 0.00000300. The zero-order valence-corrected chi connectivity index (χ0v) is 19.3. The predicted molar refractivity (Wildman–Crippen MR) is 120 cm³/mol. The molecule has 0 amide bonds. The SMILES string of the molecule is COc1cc(CNCCCSc2nnnn2C)cc(Cl)c1OCc1cccs1.Cl. The van der Waals surface area contributed by atoms with Gasteiger partial charge >= 0.3 is 0 Å². The van der Waals surface area contributed by atoms with Crippen molar-refractivity contribution in [1.29, 1.82) is 0 Å². The molecule has 0 spiro atoms. The number of hydrogen-bond acceptors (Lipinski definition) is 8. The highest BCUT2D eigenvalue weighted by atomic mass is 35.5. The van der Waals surface area contributed by atoms with E-state index in [1.807, 2.05) is 36.7 Å². The van der Waals surface area contributed by atoms with E-state index in [1.54, 1.807) is 34.9 Å². The fourth-order valence-corrected chi connectivity index (χ4v) is 4.18. The summed E-state index contributed by atoms with van der Waals surface area (Å²) in [5, 5.41) is 18.2. The monoisotopic (exact) mass is 475 g/mol. The summed E-state index contributed by atoms with van der Waals surface area (Å²) in [4.78, 5) is 1.14. The molecule has 0 aliphatic carbocycles. The first kappa shape index (κ1) is 23.8. The molecule has 29 heavy (non-hydrogen) atoms. The number of tetrazole rings is 1. The Morgan fingerprint density at radius 2 is 2.21 bits per heavy atom. The zero-order chi connectivity index (χ0) is 19.8. The molecule has 3 aromatic rings. The molecule has 0 atom stereocenters. The maximum Gasteiger partial charge on any atom is 0.209 e. The average Bonchev–Trinajstić information content (AvgIpc) is 3.35. The van der Waals surface area contributed by atoms with Crippen LogP contribution in [0.1, 0.15) is 16.9 Å². The third-order valence-electron chi connectivity index (χ3n) is 3.87. The molecule has 0 saturated heterocycles. The molecule has 11 heteroatoms. The molecule has 7 nitrogen and oxygen atoms in total. The highest BCUT2D eigenvalue weighted by molar-refractivity contribution is 7.99. The van der Waals surface area contributed by atoms with Crippen molar-refractivity contribution in [1.82, 2.24) is 25.5 Å². The van der Waals surface area contributed by atoms with E-state index in [0.717, 1.165) is 34.3 Å². The minimum Gasteiger partial charge on any atom is -0.493 e. The van der Waals surface area contributed by atoms with Gasteiger partial charge in [-0.1, -0.05) is 29.4 Å². The number of ether oxygens (including phenoxy) is 2. The van der Waals surface area contributed by atoms with Crippen LogP contribution >= 0.6 is 47.1 Å². The maximum absolute atomic E-state index is 6.43. The lowest BCUT2D eigenvalue weighted by Gasteiger charge is -2.14. The Morgan fingerprint density at radius 3 is 2.90 bits per heavy atom. The van der Waals surface area contributed by atoms with E-state index in [9.17, 15) is 0 Å². The van der Waals surface area contributed by atoms with Crippen LogP contribution in [0.5, 0.6) is 11.5 Å². The van der Waals surface area contributed by atoms with Crippen LogP contribution in [0.15, 0.2) is 34.8 Å². The normalized spacial score (nSPS) is 10.6. The van der Waals surface area contributed by atoms with Gasteiger partial charge < -0.3 is 14.8 Å². The van der Waals surface area contributed by atoms with Crippen molar-refractivity contribution >= 4 is 47.1 Å². The third kappa shape index (κ3) is 7.04. The number of aryl methyl sites for hydroxylation is 1. The van der Waals surface area contributed by atoms with Crippen molar-refractivity contribution in [3.8, 4) is 11.5 Å². The second-order valence-electron chi connectivity index (χ2n) is 5.94. The number of hydrogen-bond donors (Lipinski definition) is 1. The van der Waals surface area contributed by atoms with E-state index in [0.29, 0.717) is 29.7 Å². The second-order valence-corrected chi connectivity index (χ2v) is 8.44. The van der Waals surface area contributed by atoms with Gasteiger partial charge in [-0.25, -0.2) is 4.68 Å². The van der Waals surface area contributed by atoms with E-state index in [4.69, 9.17) is 21.1 Å². The Bertz CT molecular complexity index is 877. The number of benzene rings is 1. The van der Waals surface area contributed by atoms with Gasteiger partial charge in [-0.3, -0.25) is 0 Å². The molecule has 2 heterocycles. The molecular weight excluding hydrogens is 453 g/mol. The molecule has 0 aliphatic heterocycles. The molecule has 0 saturated carbocycles. The second kappa shape index (κ2) is 12.2. The lowest BCUT2D eigenvalue weighted by Crippen LogP contribution is -2.15. The molecule has 0 radical (unpaired) electrons. The fraction of sp³-hybridized carbons (Fsp3) is 0.389. The molecule has 0 fully saturated rings. The highest BCUT2D eigenvalue weighted by Crippen LogP contribution is 2.37. The Kier molecular flexibility index (Phi) is 10.0. The molecule has 0 unspecified atom stereocenters. The van der Waals surface area contributed by atoms with Gasteiger partial charge in [0.1, 0.15) is 6.61 Å². The van der Waals surface area contributed by atoms with Gasteiger partial charge in [0, 0.05) is 24.2 Å². The molecule has 158 valence electrons. The van der Waals surface area contributed by atoms with Crippen LogP contribution in [0.3, 0.4) is 0 Å². The van der Waals surface area contributed by atoms with Crippen molar-refractivity contribution in [2.24, 2.45) is 7.05 Å². The van der Waals surface area contributed by atoms with Gasteiger partial charge in [-0.15, -0.1) is 28.8 Å². The van der Waals surface area contributed by atoms with Gasteiger partial charge in [0.15, 0.2) is 11.5 Å². The molecule has 0 bridgehead atoms. The number of aromatic nitrogens is 4. The Labute approximate surface area is 189 Å². The molecule has 1 N–H and O–H groups in total. The Morgan fingerprint density at radius 1 is 1.34 bits per heavy atom. The fourth-order valence-electron chi connectivity index (χ4n) is 2.49.